The topological polar surface area (TPSA) is 45.8 Å². The molecule has 3 aromatic rings. The van der Waals surface area contributed by atoms with Gasteiger partial charge in [0.2, 0.25) is 0 Å². The molecule has 3 nitrogen and oxygen atoms in total. The molecule has 1 aromatic carbocycles. The standard InChI is InChI=1S/C20H21ClN2OS/c1-20(2,3)12-6-9-14-15(10-12)25-19-16(14)18(24)22-17(23-19)11-4-7-13(21)8-5-11/h4-5,7-8,12H,6,9-10H2,1-3H3,(H,22,23,24). The summed E-state index contributed by atoms with van der Waals surface area (Å²) in [4.78, 5) is 22.6. The Morgan fingerprint density at radius 2 is 1.96 bits per heavy atom. The van der Waals surface area contributed by atoms with E-state index in [4.69, 9.17) is 16.6 Å². The van der Waals surface area contributed by atoms with Gasteiger partial charge in [-0.2, -0.15) is 0 Å². The van der Waals surface area contributed by atoms with Crippen LogP contribution in [0.1, 0.15) is 37.6 Å². The highest BCUT2D eigenvalue weighted by atomic mass is 35.5. The van der Waals surface area contributed by atoms with Gasteiger partial charge in [-0.3, -0.25) is 4.79 Å². The molecule has 2 aromatic heterocycles. The molecule has 2 heterocycles. The molecule has 0 fully saturated rings. The zero-order valence-corrected chi connectivity index (χ0v) is 16.2. The van der Waals surface area contributed by atoms with Crippen LogP contribution in [-0.4, -0.2) is 9.97 Å². The molecule has 1 aliphatic rings. The van der Waals surface area contributed by atoms with E-state index in [9.17, 15) is 4.79 Å². The summed E-state index contributed by atoms with van der Waals surface area (Å²) in [6.07, 6.45) is 3.17. The van der Waals surface area contributed by atoms with Crippen molar-refractivity contribution < 1.29 is 0 Å². The lowest BCUT2D eigenvalue weighted by Gasteiger charge is -2.33. The first-order valence-electron chi connectivity index (χ1n) is 8.63. The summed E-state index contributed by atoms with van der Waals surface area (Å²) in [7, 11) is 0. The molecule has 0 radical (unpaired) electrons. The molecule has 5 heteroatoms. The van der Waals surface area contributed by atoms with Crippen molar-refractivity contribution in [1.29, 1.82) is 0 Å². The van der Waals surface area contributed by atoms with Gasteiger partial charge in [-0.1, -0.05) is 32.4 Å². The second-order valence-electron chi connectivity index (χ2n) is 7.91. The van der Waals surface area contributed by atoms with E-state index < -0.39 is 0 Å². The zero-order valence-electron chi connectivity index (χ0n) is 14.6. The Balaban J connectivity index is 1.81. The van der Waals surface area contributed by atoms with Gasteiger partial charge in [-0.05, 0) is 60.4 Å². The SMILES string of the molecule is CC(C)(C)C1CCc2c(sc3nc(-c4ccc(Cl)cc4)[nH]c(=O)c23)C1. The minimum absolute atomic E-state index is 0.0262. The number of hydrogen-bond donors (Lipinski definition) is 1. The van der Waals surface area contributed by atoms with Gasteiger partial charge >= 0.3 is 0 Å². The van der Waals surface area contributed by atoms with E-state index in [1.165, 1.54) is 10.4 Å². The smallest absolute Gasteiger partial charge is 0.260 e. The van der Waals surface area contributed by atoms with Crippen LogP contribution in [-0.2, 0) is 12.8 Å². The number of nitrogens with zero attached hydrogens (tertiary/aromatic N) is 1. The number of nitrogens with one attached hydrogen (secondary N) is 1. The molecule has 0 aliphatic heterocycles. The Bertz CT molecular complexity index is 995. The average Bonchev–Trinajstić information content (AvgIpc) is 2.92. The molecule has 0 amide bonds. The summed E-state index contributed by atoms with van der Waals surface area (Å²) in [5, 5.41) is 1.47. The molecule has 25 heavy (non-hydrogen) atoms. The summed E-state index contributed by atoms with van der Waals surface area (Å²) in [6.45, 7) is 6.92. The Morgan fingerprint density at radius 1 is 1.24 bits per heavy atom. The Labute approximate surface area is 156 Å². The van der Waals surface area contributed by atoms with Gasteiger partial charge in [0.05, 0.1) is 5.39 Å². The highest BCUT2D eigenvalue weighted by molar-refractivity contribution is 7.18. The lowest BCUT2D eigenvalue weighted by Crippen LogP contribution is -2.26. The predicted molar refractivity (Wildman–Crippen MR) is 106 cm³/mol. The molecule has 0 bridgehead atoms. The van der Waals surface area contributed by atoms with Gasteiger partial charge < -0.3 is 4.98 Å². The van der Waals surface area contributed by atoms with Crippen LogP contribution in [0.15, 0.2) is 29.1 Å². The van der Waals surface area contributed by atoms with Gasteiger partial charge in [0, 0.05) is 15.5 Å². The third-order valence-corrected chi connectivity index (χ3v) is 6.66. The van der Waals surface area contributed by atoms with Crippen LogP contribution < -0.4 is 5.56 Å². The minimum Gasteiger partial charge on any atom is -0.306 e. The third-order valence-electron chi connectivity index (χ3n) is 5.26. The summed E-state index contributed by atoms with van der Waals surface area (Å²) >= 11 is 7.64. The van der Waals surface area contributed by atoms with Gasteiger partial charge in [-0.15, -0.1) is 11.3 Å². The highest BCUT2D eigenvalue weighted by Crippen LogP contribution is 2.42. The number of hydrogen-bond acceptors (Lipinski definition) is 3. The number of aryl methyl sites for hydroxylation is 1. The van der Waals surface area contributed by atoms with E-state index in [1.54, 1.807) is 11.3 Å². The number of H-pyrrole nitrogens is 1. The lowest BCUT2D eigenvalue weighted by molar-refractivity contribution is 0.218. The van der Waals surface area contributed by atoms with Crippen molar-refractivity contribution in [3.05, 3.63) is 50.1 Å². The van der Waals surface area contributed by atoms with E-state index in [0.29, 0.717) is 22.2 Å². The van der Waals surface area contributed by atoms with Gasteiger partial charge in [-0.25, -0.2) is 4.98 Å². The maximum absolute atomic E-state index is 12.7. The van der Waals surface area contributed by atoms with E-state index in [0.717, 1.165) is 35.0 Å². The molecule has 4 rings (SSSR count). The average molecular weight is 373 g/mol. The first-order valence-corrected chi connectivity index (χ1v) is 9.83. The van der Waals surface area contributed by atoms with Crippen LogP contribution in [0.4, 0.5) is 0 Å². The molecule has 1 N–H and O–H groups in total. The molecule has 130 valence electrons. The van der Waals surface area contributed by atoms with Crippen LogP contribution in [0, 0.1) is 11.3 Å². The van der Waals surface area contributed by atoms with Crippen LogP contribution in [0.3, 0.4) is 0 Å². The first-order chi connectivity index (χ1) is 11.8. The van der Waals surface area contributed by atoms with Crippen molar-refractivity contribution in [1.82, 2.24) is 9.97 Å². The van der Waals surface area contributed by atoms with Crippen LogP contribution in [0.5, 0.6) is 0 Å². The number of aromatic nitrogens is 2. The second kappa shape index (κ2) is 5.96. The van der Waals surface area contributed by atoms with E-state index in [2.05, 4.69) is 25.8 Å². The molecule has 0 spiro atoms. The number of rotatable bonds is 1. The maximum Gasteiger partial charge on any atom is 0.260 e. The predicted octanol–water partition coefficient (Wildman–Crippen LogP) is 5.46. The molecule has 0 saturated heterocycles. The Kier molecular flexibility index (Phi) is 4.00. The summed E-state index contributed by atoms with van der Waals surface area (Å²) in [5.41, 5.74) is 2.36. The van der Waals surface area contributed by atoms with Crippen molar-refractivity contribution in [3.63, 3.8) is 0 Å². The fraction of sp³-hybridized carbons (Fsp3) is 0.400. The maximum atomic E-state index is 12.7. The molecule has 1 aliphatic carbocycles. The minimum atomic E-state index is -0.0262. The van der Waals surface area contributed by atoms with Crippen LogP contribution in [0.2, 0.25) is 5.02 Å². The molecular weight excluding hydrogens is 352 g/mol. The van der Waals surface area contributed by atoms with E-state index in [-0.39, 0.29) is 5.56 Å². The Morgan fingerprint density at radius 3 is 2.64 bits per heavy atom. The quantitative estimate of drug-likeness (QED) is 0.616. The summed E-state index contributed by atoms with van der Waals surface area (Å²) in [5.74, 6) is 1.27. The summed E-state index contributed by atoms with van der Waals surface area (Å²) < 4.78 is 0. The van der Waals surface area contributed by atoms with E-state index >= 15 is 0 Å². The molecule has 0 saturated carbocycles. The Hall–Kier alpha value is -1.65. The van der Waals surface area contributed by atoms with Crippen LogP contribution >= 0.6 is 22.9 Å². The largest absolute Gasteiger partial charge is 0.306 e. The van der Waals surface area contributed by atoms with Crippen molar-refractivity contribution in [2.75, 3.05) is 0 Å². The van der Waals surface area contributed by atoms with Gasteiger partial charge in [0.15, 0.2) is 0 Å². The van der Waals surface area contributed by atoms with Gasteiger partial charge in [0.25, 0.3) is 5.56 Å². The van der Waals surface area contributed by atoms with Crippen molar-refractivity contribution in [2.45, 2.75) is 40.0 Å². The molecular formula is C20H21ClN2OS. The fourth-order valence-corrected chi connectivity index (χ4v) is 5.09. The lowest BCUT2D eigenvalue weighted by atomic mass is 9.72. The number of aromatic amines is 1. The van der Waals surface area contributed by atoms with Crippen molar-refractivity contribution in [2.24, 2.45) is 11.3 Å². The monoisotopic (exact) mass is 372 g/mol. The summed E-state index contributed by atoms with van der Waals surface area (Å²) in [6, 6.07) is 7.40. The van der Waals surface area contributed by atoms with Crippen LogP contribution in [0.25, 0.3) is 21.6 Å². The van der Waals surface area contributed by atoms with Crippen molar-refractivity contribution in [3.8, 4) is 11.4 Å². The second-order valence-corrected chi connectivity index (χ2v) is 9.43. The van der Waals surface area contributed by atoms with Gasteiger partial charge in [0.1, 0.15) is 10.7 Å². The fourth-order valence-electron chi connectivity index (χ4n) is 3.67. The number of halogens is 1. The molecule has 1 atom stereocenters. The first kappa shape index (κ1) is 16.8. The number of benzene rings is 1. The third kappa shape index (κ3) is 3.02. The highest BCUT2D eigenvalue weighted by Gasteiger charge is 2.31. The van der Waals surface area contributed by atoms with Crippen molar-refractivity contribution >= 4 is 33.2 Å². The van der Waals surface area contributed by atoms with E-state index in [1.807, 2.05) is 24.3 Å². The normalized spacial score (nSPS) is 17.7. The number of thiophene rings is 1. The molecule has 1 unspecified atom stereocenters. The zero-order chi connectivity index (χ0) is 17.8. The number of fused-ring (bicyclic) bond motifs is 3.